The fraction of sp³-hybridized carbons (Fsp3) is 0.150. The number of rotatable bonds is 6. The lowest BCUT2D eigenvalue weighted by Gasteiger charge is -2.06. The van der Waals surface area contributed by atoms with Gasteiger partial charge < -0.3 is 11.1 Å². The Labute approximate surface area is 155 Å². The van der Waals surface area contributed by atoms with Gasteiger partial charge in [0.2, 0.25) is 5.91 Å². The van der Waals surface area contributed by atoms with E-state index in [4.69, 9.17) is 5.73 Å². The van der Waals surface area contributed by atoms with E-state index in [1.807, 2.05) is 24.4 Å². The summed E-state index contributed by atoms with van der Waals surface area (Å²) in [5.74, 6) is -0.677. The molecule has 0 aliphatic rings. The van der Waals surface area contributed by atoms with Gasteiger partial charge in [-0.2, -0.15) is 0 Å². The van der Waals surface area contributed by atoms with Crippen molar-refractivity contribution < 1.29 is 9.59 Å². The van der Waals surface area contributed by atoms with Crippen LogP contribution in [-0.4, -0.2) is 23.3 Å². The summed E-state index contributed by atoms with van der Waals surface area (Å²) in [5.41, 5.74) is 9.31. The molecule has 132 valence electrons. The fourth-order valence-electron chi connectivity index (χ4n) is 2.55. The summed E-state index contributed by atoms with van der Waals surface area (Å²) in [6.07, 6.45) is 0.738. The van der Waals surface area contributed by atoms with Crippen molar-refractivity contribution in [2.75, 3.05) is 6.54 Å². The summed E-state index contributed by atoms with van der Waals surface area (Å²) < 4.78 is 0. The molecular weight excluding hydrogens is 346 g/mol. The molecule has 3 N–H and O–H groups in total. The number of aromatic nitrogens is 1. The van der Waals surface area contributed by atoms with Crippen LogP contribution in [0.2, 0.25) is 0 Å². The highest BCUT2D eigenvalue weighted by Crippen LogP contribution is 2.21. The molecule has 6 heteroatoms. The number of nitrogens with zero attached hydrogens (tertiary/aromatic N) is 1. The van der Waals surface area contributed by atoms with Gasteiger partial charge in [0.15, 0.2) is 0 Å². The number of nitrogens with two attached hydrogens (primary N) is 1. The minimum atomic E-state index is -0.506. The smallest absolute Gasteiger partial charge is 0.251 e. The molecule has 0 radical (unpaired) electrons. The molecule has 2 amide bonds. The second-order valence-corrected chi connectivity index (χ2v) is 6.96. The van der Waals surface area contributed by atoms with Crippen molar-refractivity contribution in [2.24, 2.45) is 5.73 Å². The van der Waals surface area contributed by atoms with Crippen LogP contribution in [0.1, 0.15) is 31.3 Å². The van der Waals surface area contributed by atoms with Crippen molar-refractivity contribution in [2.45, 2.75) is 13.3 Å². The average Bonchev–Trinajstić information content (AvgIpc) is 3.08. The Morgan fingerprint density at radius 2 is 1.69 bits per heavy atom. The predicted molar refractivity (Wildman–Crippen MR) is 103 cm³/mol. The number of hydrogen-bond acceptors (Lipinski definition) is 4. The number of aryl methyl sites for hydroxylation is 1. The Balaban J connectivity index is 1.52. The van der Waals surface area contributed by atoms with E-state index in [0.717, 1.165) is 28.2 Å². The van der Waals surface area contributed by atoms with Gasteiger partial charge in [-0.25, -0.2) is 4.98 Å². The monoisotopic (exact) mass is 365 g/mol. The van der Waals surface area contributed by atoms with Crippen LogP contribution in [0.5, 0.6) is 0 Å². The molecule has 2 aromatic carbocycles. The molecule has 0 unspecified atom stereocenters. The van der Waals surface area contributed by atoms with Crippen LogP contribution < -0.4 is 11.1 Å². The summed E-state index contributed by atoms with van der Waals surface area (Å²) in [6.45, 7) is 2.53. The molecule has 0 bridgehead atoms. The van der Waals surface area contributed by atoms with Crippen molar-refractivity contribution in [1.29, 1.82) is 0 Å². The Morgan fingerprint density at radius 1 is 1.04 bits per heavy atom. The quantitative estimate of drug-likeness (QED) is 0.703. The molecule has 0 saturated heterocycles. The molecule has 26 heavy (non-hydrogen) atoms. The topological polar surface area (TPSA) is 85.1 Å². The first-order chi connectivity index (χ1) is 12.5. The number of thiazole rings is 1. The lowest BCUT2D eigenvalue weighted by atomic mass is 10.1. The highest BCUT2D eigenvalue weighted by molar-refractivity contribution is 7.09. The summed E-state index contributed by atoms with van der Waals surface area (Å²) in [4.78, 5) is 27.6. The zero-order valence-electron chi connectivity index (χ0n) is 14.4. The van der Waals surface area contributed by atoms with Gasteiger partial charge in [-0.15, -0.1) is 11.3 Å². The van der Waals surface area contributed by atoms with E-state index in [9.17, 15) is 9.59 Å². The Hall–Kier alpha value is -2.99. The zero-order chi connectivity index (χ0) is 18.5. The van der Waals surface area contributed by atoms with Gasteiger partial charge in [-0.3, -0.25) is 9.59 Å². The van der Waals surface area contributed by atoms with Gasteiger partial charge in [-0.1, -0.05) is 24.3 Å². The van der Waals surface area contributed by atoms with Gasteiger partial charge in [0.1, 0.15) is 0 Å². The fourth-order valence-corrected chi connectivity index (χ4v) is 3.17. The van der Waals surface area contributed by atoms with Crippen LogP contribution in [0.25, 0.3) is 11.3 Å². The van der Waals surface area contributed by atoms with E-state index in [0.29, 0.717) is 17.7 Å². The maximum absolute atomic E-state index is 12.1. The van der Waals surface area contributed by atoms with Crippen molar-refractivity contribution in [3.8, 4) is 11.3 Å². The molecule has 0 spiro atoms. The van der Waals surface area contributed by atoms with E-state index >= 15 is 0 Å². The largest absolute Gasteiger partial charge is 0.366 e. The second-order valence-electron chi connectivity index (χ2n) is 5.90. The van der Waals surface area contributed by atoms with Crippen LogP contribution in [0.3, 0.4) is 0 Å². The van der Waals surface area contributed by atoms with Crippen LogP contribution in [-0.2, 0) is 6.42 Å². The SMILES string of the molecule is Cc1nc(-c2ccc(CCNC(=O)c3ccc(C(N)=O)cc3)cc2)cs1. The van der Waals surface area contributed by atoms with Gasteiger partial charge in [0.05, 0.1) is 10.7 Å². The third kappa shape index (κ3) is 4.34. The number of primary amides is 1. The van der Waals surface area contributed by atoms with Gasteiger partial charge in [0, 0.05) is 28.6 Å². The summed E-state index contributed by atoms with van der Waals surface area (Å²) in [7, 11) is 0. The molecule has 5 nitrogen and oxygen atoms in total. The molecule has 0 atom stereocenters. The zero-order valence-corrected chi connectivity index (χ0v) is 15.2. The number of hydrogen-bond donors (Lipinski definition) is 2. The third-order valence-corrected chi connectivity index (χ3v) is 4.77. The van der Waals surface area contributed by atoms with Crippen LogP contribution in [0.15, 0.2) is 53.9 Å². The van der Waals surface area contributed by atoms with Gasteiger partial charge in [-0.05, 0) is 43.2 Å². The first kappa shape index (κ1) is 17.8. The summed E-state index contributed by atoms with van der Waals surface area (Å²) >= 11 is 1.64. The van der Waals surface area contributed by atoms with E-state index in [1.165, 1.54) is 0 Å². The molecule has 3 rings (SSSR count). The average molecular weight is 365 g/mol. The number of carbonyl (C=O) groups is 2. The Kier molecular flexibility index (Phi) is 5.43. The minimum absolute atomic E-state index is 0.171. The van der Waals surface area contributed by atoms with E-state index in [2.05, 4.69) is 22.4 Å². The lowest BCUT2D eigenvalue weighted by Crippen LogP contribution is -2.25. The Morgan fingerprint density at radius 3 is 2.27 bits per heavy atom. The van der Waals surface area contributed by atoms with Crippen molar-refractivity contribution in [3.63, 3.8) is 0 Å². The number of nitrogens with one attached hydrogen (secondary N) is 1. The highest BCUT2D eigenvalue weighted by atomic mass is 32.1. The van der Waals surface area contributed by atoms with Crippen molar-refractivity contribution in [3.05, 3.63) is 75.6 Å². The van der Waals surface area contributed by atoms with Crippen LogP contribution in [0.4, 0.5) is 0 Å². The van der Waals surface area contributed by atoms with E-state index < -0.39 is 5.91 Å². The van der Waals surface area contributed by atoms with Crippen LogP contribution >= 0.6 is 11.3 Å². The van der Waals surface area contributed by atoms with Crippen LogP contribution in [0, 0.1) is 6.92 Å². The maximum atomic E-state index is 12.1. The summed E-state index contributed by atoms with van der Waals surface area (Å²) in [6, 6.07) is 14.5. The first-order valence-electron chi connectivity index (χ1n) is 8.22. The summed E-state index contributed by atoms with van der Waals surface area (Å²) in [5, 5.41) is 5.98. The van der Waals surface area contributed by atoms with Crippen molar-refractivity contribution >= 4 is 23.2 Å². The number of amides is 2. The van der Waals surface area contributed by atoms with Crippen molar-refractivity contribution in [1.82, 2.24) is 10.3 Å². The molecule has 0 saturated carbocycles. The van der Waals surface area contributed by atoms with E-state index in [-0.39, 0.29) is 5.91 Å². The normalized spacial score (nSPS) is 10.5. The number of carbonyl (C=O) groups excluding carboxylic acids is 2. The number of benzene rings is 2. The first-order valence-corrected chi connectivity index (χ1v) is 9.10. The molecule has 1 aromatic heterocycles. The lowest BCUT2D eigenvalue weighted by molar-refractivity contribution is 0.0951. The van der Waals surface area contributed by atoms with Gasteiger partial charge in [0.25, 0.3) is 5.91 Å². The second kappa shape index (κ2) is 7.93. The third-order valence-electron chi connectivity index (χ3n) is 4.00. The molecule has 0 aliphatic carbocycles. The predicted octanol–water partition coefficient (Wildman–Crippen LogP) is 3.19. The molecule has 0 aliphatic heterocycles. The molecule has 3 aromatic rings. The highest BCUT2D eigenvalue weighted by Gasteiger charge is 2.07. The maximum Gasteiger partial charge on any atom is 0.251 e. The molecule has 0 fully saturated rings. The van der Waals surface area contributed by atoms with Gasteiger partial charge >= 0.3 is 0 Å². The molecule has 1 heterocycles. The molecular formula is C20H19N3O2S. The Bertz CT molecular complexity index is 915. The van der Waals surface area contributed by atoms with E-state index in [1.54, 1.807) is 35.6 Å². The standard InChI is InChI=1S/C20H19N3O2S/c1-13-23-18(12-26-13)15-4-2-14(3-5-15)10-11-22-20(25)17-8-6-16(7-9-17)19(21)24/h2-9,12H,10-11H2,1H3,(H2,21,24)(H,22,25). The minimum Gasteiger partial charge on any atom is -0.366 e.